The van der Waals surface area contributed by atoms with E-state index in [0.29, 0.717) is 29.9 Å². The topological polar surface area (TPSA) is 75.4 Å². The molecule has 0 spiro atoms. The van der Waals surface area contributed by atoms with Crippen molar-refractivity contribution in [3.05, 3.63) is 52.6 Å². The molecule has 0 aliphatic carbocycles. The van der Waals surface area contributed by atoms with E-state index in [9.17, 15) is 18.0 Å². The maximum absolute atomic E-state index is 12.9. The summed E-state index contributed by atoms with van der Waals surface area (Å²) in [5, 5.41) is 6.38. The number of nitrogens with zero attached hydrogens (tertiary/aromatic N) is 5. The fourth-order valence-corrected chi connectivity index (χ4v) is 3.13. The zero-order valence-corrected chi connectivity index (χ0v) is 17.2. The number of fused-ring (bicyclic) bond motifs is 1. The third-order valence-electron chi connectivity index (χ3n) is 4.85. The highest BCUT2D eigenvalue weighted by Crippen LogP contribution is 2.27. The molecule has 0 radical (unpaired) electrons. The fraction of sp³-hybridized carbons (Fsp3) is 0.400. The van der Waals surface area contributed by atoms with Crippen LogP contribution in [0, 0.1) is 13.8 Å². The quantitative estimate of drug-likeness (QED) is 0.663. The Balaban J connectivity index is 1.65. The number of aryl methyl sites for hydroxylation is 2. The molecule has 0 unspecified atom stereocenters. The number of amides is 1. The third-order valence-corrected chi connectivity index (χ3v) is 4.85. The van der Waals surface area contributed by atoms with Crippen molar-refractivity contribution in [1.29, 1.82) is 0 Å². The number of benzene rings is 1. The van der Waals surface area contributed by atoms with Crippen molar-refractivity contribution in [2.75, 3.05) is 19.0 Å². The van der Waals surface area contributed by atoms with Crippen molar-refractivity contribution in [3.63, 3.8) is 0 Å². The van der Waals surface area contributed by atoms with Gasteiger partial charge in [0.25, 0.3) is 11.6 Å². The van der Waals surface area contributed by atoms with E-state index < -0.39 is 12.0 Å². The van der Waals surface area contributed by atoms with E-state index in [1.54, 1.807) is 13.8 Å². The van der Waals surface area contributed by atoms with Gasteiger partial charge in [-0.2, -0.15) is 18.2 Å². The highest BCUT2D eigenvalue weighted by Gasteiger charge is 2.36. The number of rotatable bonds is 6. The Hall–Kier alpha value is -3.17. The largest absolute Gasteiger partial charge is 0.453 e. The zero-order valence-electron chi connectivity index (χ0n) is 17.2. The maximum Gasteiger partial charge on any atom is 0.453 e. The second-order valence-corrected chi connectivity index (χ2v) is 7.24. The van der Waals surface area contributed by atoms with Crippen molar-refractivity contribution in [2.24, 2.45) is 0 Å². The summed E-state index contributed by atoms with van der Waals surface area (Å²) in [5.74, 6) is -1.49. The normalized spacial score (nSPS) is 11.7. The minimum absolute atomic E-state index is 0.105. The molecule has 0 saturated heterocycles. The minimum atomic E-state index is -4.64. The van der Waals surface area contributed by atoms with Gasteiger partial charge in [0.05, 0.1) is 0 Å². The molecule has 0 aliphatic heterocycles. The van der Waals surface area contributed by atoms with E-state index in [-0.39, 0.29) is 18.1 Å². The molecule has 7 nitrogen and oxygen atoms in total. The van der Waals surface area contributed by atoms with Crippen molar-refractivity contribution >= 4 is 17.4 Å². The van der Waals surface area contributed by atoms with Crippen LogP contribution in [0.15, 0.2) is 24.3 Å². The Kier molecular flexibility index (Phi) is 5.95. The van der Waals surface area contributed by atoms with Crippen LogP contribution < -0.4 is 10.2 Å². The van der Waals surface area contributed by atoms with Crippen LogP contribution in [0.1, 0.15) is 34.8 Å². The lowest BCUT2D eigenvalue weighted by Crippen LogP contribution is -2.23. The number of anilines is 1. The lowest BCUT2D eigenvalue weighted by Gasteiger charge is -2.13. The summed E-state index contributed by atoms with van der Waals surface area (Å²) in [5.41, 5.74) is 3.76. The van der Waals surface area contributed by atoms with Crippen molar-refractivity contribution in [3.8, 4) is 0 Å². The molecular formula is C20H23F3N6O. The van der Waals surface area contributed by atoms with Gasteiger partial charge in [0.15, 0.2) is 0 Å². The number of nitrogens with one attached hydrogen (secondary N) is 1. The van der Waals surface area contributed by atoms with E-state index in [1.807, 2.05) is 43.3 Å². The van der Waals surface area contributed by atoms with E-state index in [4.69, 9.17) is 0 Å². The molecule has 0 saturated carbocycles. The summed E-state index contributed by atoms with van der Waals surface area (Å²) in [7, 11) is 3.91. The SMILES string of the molecule is Cc1nc2nc(C(F)(F)F)nn2c(C)c1CCC(=O)NCc1ccc(N(C)C)cc1. The molecule has 30 heavy (non-hydrogen) atoms. The summed E-state index contributed by atoms with van der Waals surface area (Å²) in [6.45, 7) is 3.74. The van der Waals surface area contributed by atoms with Gasteiger partial charge in [0.2, 0.25) is 5.91 Å². The minimum Gasteiger partial charge on any atom is -0.378 e. The number of carbonyl (C=O) groups is 1. The second-order valence-electron chi connectivity index (χ2n) is 7.24. The van der Waals surface area contributed by atoms with Gasteiger partial charge >= 0.3 is 6.18 Å². The first-order valence-electron chi connectivity index (χ1n) is 9.39. The van der Waals surface area contributed by atoms with Gasteiger partial charge in [-0.3, -0.25) is 4.79 Å². The fourth-order valence-electron chi connectivity index (χ4n) is 3.13. The highest BCUT2D eigenvalue weighted by atomic mass is 19.4. The summed E-state index contributed by atoms with van der Waals surface area (Å²) in [6.07, 6.45) is -4.11. The third kappa shape index (κ3) is 4.69. The molecular weight excluding hydrogens is 397 g/mol. The van der Waals surface area contributed by atoms with E-state index in [1.165, 1.54) is 0 Å². The number of alkyl halides is 3. The zero-order chi connectivity index (χ0) is 22.1. The lowest BCUT2D eigenvalue weighted by molar-refractivity contribution is -0.144. The Morgan fingerprint density at radius 1 is 1.13 bits per heavy atom. The van der Waals surface area contributed by atoms with Gasteiger partial charge in [-0.05, 0) is 43.5 Å². The Morgan fingerprint density at radius 3 is 2.40 bits per heavy atom. The molecule has 0 aliphatic rings. The number of carbonyl (C=O) groups excluding carboxylic acids is 1. The van der Waals surface area contributed by atoms with Crippen LogP contribution in [0.25, 0.3) is 5.78 Å². The molecule has 0 atom stereocenters. The summed E-state index contributed by atoms with van der Waals surface area (Å²) < 4.78 is 39.7. The number of halogens is 3. The molecule has 0 fully saturated rings. The molecule has 10 heteroatoms. The van der Waals surface area contributed by atoms with Gasteiger partial charge in [-0.25, -0.2) is 9.50 Å². The number of hydrogen-bond donors (Lipinski definition) is 1. The van der Waals surface area contributed by atoms with Crippen LogP contribution in [0.2, 0.25) is 0 Å². The summed E-state index contributed by atoms with van der Waals surface area (Å²) >= 11 is 0. The van der Waals surface area contributed by atoms with Crippen molar-refractivity contribution in [1.82, 2.24) is 24.9 Å². The van der Waals surface area contributed by atoms with Gasteiger partial charge in [-0.1, -0.05) is 12.1 Å². The van der Waals surface area contributed by atoms with E-state index in [2.05, 4.69) is 20.4 Å². The number of aromatic nitrogens is 4. The summed E-state index contributed by atoms with van der Waals surface area (Å²) in [6, 6.07) is 7.85. The maximum atomic E-state index is 12.9. The van der Waals surface area contributed by atoms with E-state index >= 15 is 0 Å². The van der Waals surface area contributed by atoms with Crippen molar-refractivity contribution < 1.29 is 18.0 Å². The van der Waals surface area contributed by atoms with Gasteiger partial charge in [0, 0.05) is 44.1 Å². The Labute approximate surface area is 171 Å². The average molecular weight is 420 g/mol. The standard InChI is InChI=1S/C20H23F3N6O/c1-12-16(13(2)29-19(25-12)26-18(27-29)20(21,22)23)9-10-17(30)24-11-14-5-7-15(8-6-14)28(3)4/h5-8H,9-11H2,1-4H3,(H,24,30). The average Bonchev–Trinajstić information content (AvgIpc) is 3.11. The van der Waals surface area contributed by atoms with Crippen LogP contribution in [0.5, 0.6) is 0 Å². The monoisotopic (exact) mass is 420 g/mol. The first kappa shape index (κ1) is 21.5. The molecule has 0 bridgehead atoms. The van der Waals surface area contributed by atoms with Crippen LogP contribution in [-0.2, 0) is 23.9 Å². The van der Waals surface area contributed by atoms with Gasteiger partial charge in [-0.15, -0.1) is 5.10 Å². The molecule has 1 amide bonds. The van der Waals surface area contributed by atoms with Crippen LogP contribution in [0.4, 0.5) is 18.9 Å². The molecule has 1 N–H and O–H groups in total. The molecule has 1 aromatic carbocycles. The Bertz CT molecular complexity index is 1060. The molecule has 3 aromatic rings. The lowest BCUT2D eigenvalue weighted by atomic mass is 10.1. The molecule has 2 aromatic heterocycles. The number of hydrogen-bond acceptors (Lipinski definition) is 5. The first-order chi connectivity index (χ1) is 14.1. The first-order valence-corrected chi connectivity index (χ1v) is 9.39. The molecule has 2 heterocycles. The second kappa shape index (κ2) is 8.29. The van der Waals surface area contributed by atoms with Crippen molar-refractivity contribution in [2.45, 2.75) is 39.4 Å². The van der Waals surface area contributed by atoms with Crippen LogP contribution >= 0.6 is 0 Å². The van der Waals surface area contributed by atoms with Crippen LogP contribution in [0.3, 0.4) is 0 Å². The van der Waals surface area contributed by atoms with Gasteiger partial charge in [0.1, 0.15) is 0 Å². The van der Waals surface area contributed by atoms with E-state index in [0.717, 1.165) is 15.8 Å². The summed E-state index contributed by atoms with van der Waals surface area (Å²) in [4.78, 5) is 21.8. The predicted octanol–water partition coefficient (Wildman–Crippen LogP) is 3.07. The predicted molar refractivity (Wildman–Crippen MR) is 106 cm³/mol. The smallest absolute Gasteiger partial charge is 0.378 e. The molecule has 3 rings (SSSR count). The van der Waals surface area contributed by atoms with Crippen LogP contribution in [-0.4, -0.2) is 39.6 Å². The van der Waals surface area contributed by atoms with Gasteiger partial charge < -0.3 is 10.2 Å². The Morgan fingerprint density at radius 2 is 1.80 bits per heavy atom. The highest BCUT2D eigenvalue weighted by molar-refractivity contribution is 5.76. The molecule has 160 valence electrons.